The number of phenolic OH excluding ortho intramolecular Hbond substituents is 1. The van der Waals surface area contributed by atoms with Gasteiger partial charge in [0.2, 0.25) is 0 Å². The Morgan fingerprint density at radius 2 is 1.74 bits per heavy atom. The second kappa shape index (κ2) is 4.81. The molecule has 0 aliphatic carbocycles. The van der Waals surface area contributed by atoms with Crippen molar-refractivity contribution in [1.29, 1.82) is 0 Å². The number of nitrogen functional groups attached to an aromatic ring is 1. The van der Waals surface area contributed by atoms with E-state index in [4.69, 9.17) is 5.73 Å². The minimum absolute atomic E-state index is 0.0110. The molecule has 6 heteroatoms. The first-order valence-corrected chi connectivity index (χ1v) is 7.05. The van der Waals surface area contributed by atoms with E-state index < -0.39 is 10.0 Å². The second-order valence-electron chi connectivity index (χ2n) is 4.16. The van der Waals surface area contributed by atoms with Crippen molar-refractivity contribution in [3.05, 3.63) is 48.0 Å². The zero-order chi connectivity index (χ0) is 14.0. The largest absolute Gasteiger partial charge is 0.506 e. The summed E-state index contributed by atoms with van der Waals surface area (Å²) in [6, 6.07) is 10.8. The van der Waals surface area contributed by atoms with Gasteiger partial charge in [-0.05, 0) is 31.2 Å². The summed E-state index contributed by atoms with van der Waals surface area (Å²) >= 11 is 0. The van der Waals surface area contributed by atoms with Gasteiger partial charge in [-0.3, -0.25) is 4.72 Å². The monoisotopic (exact) mass is 278 g/mol. The van der Waals surface area contributed by atoms with Gasteiger partial charge < -0.3 is 10.8 Å². The molecule has 2 rings (SSSR count). The molecule has 0 aromatic heterocycles. The third-order valence-corrected chi connectivity index (χ3v) is 4.01. The van der Waals surface area contributed by atoms with E-state index in [1.165, 1.54) is 30.3 Å². The predicted molar refractivity (Wildman–Crippen MR) is 74.5 cm³/mol. The lowest BCUT2D eigenvalue weighted by Crippen LogP contribution is -2.14. The lowest BCUT2D eigenvalue weighted by molar-refractivity contribution is 0.478. The van der Waals surface area contributed by atoms with Crippen LogP contribution >= 0.6 is 0 Å². The summed E-state index contributed by atoms with van der Waals surface area (Å²) in [5, 5.41) is 9.64. The number of anilines is 2. The third-order valence-electron chi connectivity index (χ3n) is 2.64. The molecule has 4 N–H and O–H groups in total. The van der Waals surface area contributed by atoms with Crippen LogP contribution in [0.15, 0.2) is 47.4 Å². The molecular formula is C13H14N2O3S. The highest BCUT2D eigenvalue weighted by Crippen LogP contribution is 2.31. The number of sulfonamides is 1. The van der Waals surface area contributed by atoms with Gasteiger partial charge in [-0.25, -0.2) is 8.42 Å². The summed E-state index contributed by atoms with van der Waals surface area (Å²) in [4.78, 5) is 0.112. The lowest BCUT2D eigenvalue weighted by Gasteiger charge is -2.11. The average Bonchev–Trinajstić information content (AvgIpc) is 2.35. The minimum Gasteiger partial charge on any atom is -0.506 e. The fourth-order valence-electron chi connectivity index (χ4n) is 1.58. The number of rotatable bonds is 3. The van der Waals surface area contributed by atoms with E-state index in [-0.39, 0.29) is 22.0 Å². The number of nitrogens with one attached hydrogen (secondary N) is 1. The molecule has 2 aromatic carbocycles. The molecule has 0 bridgehead atoms. The summed E-state index contributed by atoms with van der Waals surface area (Å²) in [7, 11) is -3.77. The van der Waals surface area contributed by atoms with Crippen LogP contribution in [0.25, 0.3) is 0 Å². The zero-order valence-corrected chi connectivity index (χ0v) is 11.1. The molecule has 0 spiro atoms. The summed E-state index contributed by atoms with van der Waals surface area (Å²) in [6.45, 7) is 1.87. The van der Waals surface area contributed by atoms with Crippen LogP contribution < -0.4 is 10.5 Å². The van der Waals surface area contributed by atoms with Gasteiger partial charge in [0, 0.05) is 0 Å². The first-order chi connectivity index (χ1) is 8.90. The smallest absolute Gasteiger partial charge is 0.262 e. The standard InChI is InChI=1S/C13H14N2O3S/c1-9-5-7-10(8-6-9)19(17,18)15-13-11(14)3-2-4-12(13)16/h2-8,15-16H,14H2,1H3. The first-order valence-electron chi connectivity index (χ1n) is 5.57. The molecule has 100 valence electrons. The molecule has 19 heavy (non-hydrogen) atoms. The number of para-hydroxylation sites is 1. The first kappa shape index (κ1) is 13.2. The molecule has 0 aliphatic rings. The quantitative estimate of drug-likeness (QED) is 0.592. The van der Waals surface area contributed by atoms with E-state index in [0.29, 0.717) is 0 Å². The molecule has 0 amide bonds. The summed E-state index contributed by atoms with van der Waals surface area (Å²) in [5.74, 6) is -0.212. The van der Waals surface area contributed by atoms with Crippen molar-refractivity contribution in [2.24, 2.45) is 0 Å². The van der Waals surface area contributed by atoms with Gasteiger partial charge >= 0.3 is 0 Å². The Morgan fingerprint density at radius 1 is 1.11 bits per heavy atom. The normalized spacial score (nSPS) is 11.2. The van der Waals surface area contributed by atoms with Crippen molar-refractivity contribution in [3.8, 4) is 5.75 Å². The van der Waals surface area contributed by atoms with Gasteiger partial charge in [0.25, 0.3) is 10.0 Å². The molecule has 0 fully saturated rings. The summed E-state index contributed by atoms with van der Waals surface area (Å²) in [6.07, 6.45) is 0. The van der Waals surface area contributed by atoms with Crippen LogP contribution in [0.2, 0.25) is 0 Å². The number of aromatic hydroxyl groups is 1. The molecule has 0 heterocycles. The average molecular weight is 278 g/mol. The topological polar surface area (TPSA) is 92.4 Å². The van der Waals surface area contributed by atoms with Gasteiger partial charge in [0.1, 0.15) is 11.4 Å². The van der Waals surface area contributed by atoms with Gasteiger partial charge in [0.05, 0.1) is 10.6 Å². The van der Waals surface area contributed by atoms with Crippen molar-refractivity contribution in [1.82, 2.24) is 0 Å². The number of phenols is 1. The van der Waals surface area contributed by atoms with Gasteiger partial charge in [-0.15, -0.1) is 0 Å². The maximum absolute atomic E-state index is 12.1. The molecule has 0 atom stereocenters. The van der Waals surface area contributed by atoms with Crippen LogP contribution in [0.5, 0.6) is 5.75 Å². The number of hydrogen-bond donors (Lipinski definition) is 3. The molecule has 2 aromatic rings. The van der Waals surface area contributed by atoms with Crippen molar-refractivity contribution in [2.75, 3.05) is 10.5 Å². The minimum atomic E-state index is -3.77. The van der Waals surface area contributed by atoms with Crippen LogP contribution in [-0.4, -0.2) is 13.5 Å². The summed E-state index contributed by atoms with van der Waals surface area (Å²) in [5.41, 5.74) is 6.75. The van der Waals surface area contributed by atoms with Crippen molar-refractivity contribution in [2.45, 2.75) is 11.8 Å². The highest BCUT2D eigenvalue weighted by atomic mass is 32.2. The van der Waals surface area contributed by atoms with Crippen molar-refractivity contribution in [3.63, 3.8) is 0 Å². The number of hydrogen-bond acceptors (Lipinski definition) is 4. The van der Waals surface area contributed by atoms with Crippen LogP contribution in [-0.2, 0) is 10.0 Å². The van der Waals surface area contributed by atoms with E-state index in [1.807, 2.05) is 6.92 Å². The SMILES string of the molecule is Cc1ccc(S(=O)(=O)Nc2c(N)cccc2O)cc1. The molecule has 0 saturated carbocycles. The Morgan fingerprint density at radius 3 is 2.32 bits per heavy atom. The van der Waals surface area contributed by atoms with Crippen LogP contribution in [0.3, 0.4) is 0 Å². The molecule has 0 unspecified atom stereocenters. The molecule has 0 aliphatic heterocycles. The van der Waals surface area contributed by atoms with E-state index in [2.05, 4.69) is 4.72 Å². The van der Waals surface area contributed by atoms with Gasteiger partial charge in [-0.2, -0.15) is 0 Å². The Kier molecular flexibility index (Phi) is 3.35. The predicted octanol–water partition coefficient (Wildman–Crippen LogP) is 2.08. The Bertz CT molecular complexity index is 674. The van der Waals surface area contributed by atoms with Crippen molar-refractivity contribution < 1.29 is 13.5 Å². The van der Waals surface area contributed by atoms with E-state index in [9.17, 15) is 13.5 Å². The molecular weight excluding hydrogens is 264 g/mol. The number of nitrogens with two attached hydrogens (primary N) is 1. The van der Waals surface area contributed by atoms with Crippen LogP contribution in [0.4, 0.5) is 11.4 Å². The third kappa shape index (κ3) is 2.79. The fourth-order valence-corrected chi connectivity index (χ4v) is 2.68. The highest BCUT2D eigenvalue weighted by molar-refractivity contribution is 7.92. The zero-order valence-electron chi connectivity index (χ0n) is 10.3. The molecule has 5 nitrogen and oxygen atoms in total. The Labute approximate surface area is 111 Å². The second-order valence-corrected chi connectivity index (χ2v) is 5.84. The lowest BCUT2D eigenvalue weighted by atomic mass is 10.2. The number of benzene rings is 2. The van der Waals surface area contributed by atoms with E-state index >= 15 is 0 Å². The van der Waals surface area contributed by atoms with Crippen LogP contribution in [0.1, 0.15) is 5.56 Å². The fraction of sp³-hybridized carbons (Fsp3) is 0.0769. The van der Waals surface area contributed by atoms with E-state index in [1.54, 1.807) is 12.1 Å². The Hall–Kier alpha value is -2.21. The van der Waals surface area contributed by atoms with Gasteiger partial charge in [0.15, 0.2) is 0 Å². The maximum atomic E-state index is 12.1. The molecule has 0 saturated heterocycles. The number of aryl methyl sites for hydroxylation is 1. The highest BCUT2D eigenvalue weighted by Gasteiger charge is 2.17. The molecule has 0 radical (unpaired) electrons. The maximum Gasteiger partial charge on any atom is 0.262 e. The van der Waals surface area contributed by atoms with E-state index in [0.717, 1.165) is 5.56 Å². The Balaban J connectivity index is 2.39. The van der Waals surface area contributed by atoms with Crippen molar-refractivity contribution >= 4 is 21.4 Å². The summed E-state index contributed by atoms with van der Waals surface area (Å²) < 4.78 is 26.6. The van der Waals surface area contributed by atoms with Gasteiger partial charge in [-0.1, -0.05) is 23.8 Å². The van der Waals surface area contributed by atoms with Crippen LogP contribution in [0, 0.1) is 6.92 Å².